The molecule has 0 aliphatic rings. The van der Waals surface area contributed by atoms with E-state index in [0.717, 1.165) is 15.9 Å². The molecule has 0 aliphatic carbocycles. The molecule has 1 aromatic carbocycles. The molecule has 3 rings (SSSR count). The van der Waals surface area contributed by atoms with Crippen LogP contribution in [0, 0.1) is 13.8 Å². The number of aryl methyl sites for hydroxylation is 2. The van der Waals surface area contributed by atoms with Crippen molar-refractivity contribution in [3.05, 3.63) is 63.8 Å². The van der Waals surface area contributed by atoms with Crippen molar-refractivity contribution in [2.75, 3.05) is 0 Å². The number of amides is 1. The lowest BCUT2D eigenvalue weighted by Gasteiger charge is -2.07. The fraction of sp³-hybridized carbons (Fsp3) is 0.188. The van der Waals surface area contributed by atoms with Gasteiger partial charge < -0.3 is 14.6 Å². The highest BCUT2D eigenvalue weighted by Gasteiger charge is 2.15. The van der Waals surface area contributed by atoms with Crippen LogP contribution in [0.4, 0.5) is 4.79 Å². The number of carbonyl (C=O) groups excluding carboxylic acids is 1. The smallest absolute Gasteiger partial charge is 0.404 e. The number of hydrogen-bond acceptors (Lipinski definition) is 5. The van der Waals surface area contributed by atoms with Gasteiger partial charge in [0.15, 0.2) is 5.58 Å². The fourth-order valence-electron chi connectivity index (χ4n) is 2.15. The highest BCUT2D eigenvalue weighted by Crippen LogP contribution is 2.10. The molecule has 0 atom stereocenters. The second-order valence-corrected chi connectivity index (χ2v) is 5.10. The maximum absolute atomic E-state index is 11.9. The number of nitrogens with one attached hydrogen (secondary N) is 1. The molecule has 0 saturated carbocycles. The summed E-state index contributed by atoms with van der Waals surface area (Å²) in [6.45, 7) is 4.01. The fourth-order valence-corrected chi connectivity index (χ4v) is 2.15. The minimum Gasteiger partial charge on any atom is -0.404 e. The highest BCUT2D eigenvalue weighted by molar-refractivity contribution is 5.71. The van der Waals surface area contributed by atoms with Crippen LogP contribution in [-0.4, -0.2) is 15.8 Å². The molecule has 1 N–H and O–H groups in total. The SMILES string of the molecule is Cc1ccc2oc(=O)n(OC(=O)NCc3ccccc3C)c2n1. The quantitative estimate of drug-likeness (QED) is 0.798. The molecule has 0 fully saturated rings. The van der Waals surface area contributed by atoms with Gasteiger partial charge in [-0.25, -0.2) is 14.6 Å². The summed E-state index contributed by atoms with van der Waals surface area (Å²) in [6.07, 6.45) is -0.763. The Morgan fingerprint density at radius 3 is 2.83 bits per heavy atom. The lowest BCUT2D eigenvalue weighted by molar-refractivity contribution is 0.126. The molecule has 0 bridgehead atoms. The van der Waals surface area contributed by atoms with Gasteiger partial charge in [-0.2, -0.15) is 0 Å². The normalized spacial score (nSPS) is 10.7. The Labute approximate surface area is 131 Å². The van der Waals surface area contributed by atoms with Gasteiger partial charge in [0.1, 0.15) is 0 Å². The van der Waals surface area contributed by atoms with Crippen molar-refractivity contribution in [3.63, 3.8) is 0 Å². The number of fused-ring (bicyclic) bond motifs is 1. The Kier molecular flexibility index (Phi) is 3.84. The van der Waals surface area contributed by atoms with E-state index in [1.165, 1.54) is 0 Å². The molecule has 23 heavy (non-hydrogen) atoms. The van der Waals surface area contributed by atoms with Crippen molar-refractivity contribution in [1.82, 2.24) is 15.0 Å². The van der Waals surface area contributed by atoms with Crippen molar-refractivity contribution >= 4 is 17.3 Å². The summed E-state index contributed by atoms with van der Waals surface area (Å²) in [5.41, 5.74) is 3.11. The zero-order valence-electron chi connectivity index (χ0n) is 12.7. The maximum Gasteiger partial charge on any atom is 0.455 e. The predicted molar refractivity (Wildman–Crippen MR) is 83.0 cm³/mol. The van der Waals surface area contributed by atoms with Crippen molar-refractivity contribution in [1.29, 1.82) is 0 Å². The third kappa shape index (κ3) is 3.08. The van der Waals surface area contributed by atoms with E-state index in [1.807, 2.05) is 31.2 Å². The van der Waals surface area contributed by atoms with Gasteiger partial charge in [0.25, 0.3) is 0 Å². The molecule has 0 spiro atoms. The van der Waals surface area contributed by atoms with Crippen LogP contribution < -0.4 is 15.9 Å². The summed E-state index contributed by atoms with van der Waals surface area (Å²) in [5, 5.41) is 2.59. The van der Waals surface area contributed by atoms with Gasteiger partial charge in [-0.3, -0.25) is 0 Å². The zero-order valence-corrected chi connectivity index (χ0v) is 12.7. The molecular weight excluding hydrogens is 298 g/mol. The maximum atomic E-state index is 11.9. The van der Waals surface area contributed by atoms with Crippen LogP contribution in [0.15, 0.2) is 45.6 Å². The first-order chi connectivity index (χ1) is 11.0. The minimum atomic E-state index is -0.802. The van der Waals surface area contributed by atoms with E-state index in [4.69, 9.17) is 9.25 Å². The van der Waals surface area contributed by atoms with Gasteiger partial charge in [0.05, 0.1) is 0 Å². The number of oxazole rings is 1. The van der Waals surface area contributed by atoms with Gasteiger partial charge in [-0.05, 0) is 37.1 Å². The molecular formula is C16H15N3O4. The van der Waals surface area contributed by atoms with Crippen LogP contribution in [0.5, 0.6) is 0 Å². The Morgan fingerprint density at radius 1 is 1.26 bits per heavy atom. The lowest BCUT2D eigenvalue weighted by Crippen LogP contribution is -2.35. The summed E-state index contributed by atoms with van der Waals surface area (Å²) in [4.78, 5) is 32.8. The Bertz CT molecular complexity index is 926. The Hall–Kier alpha value is -3.09. The molecule has 0 radical (unpaired) electrons. The predicted octanol–water partition coefficient (Wildman–Crippen LogP) is 1.94. The largest absolute Gasteiger partial charge is 0.455 e. The first kappa shape index (κ1) is 14.8. The molecule has 0 saturated heterocycles. The number of carbonyl (C=O) groups is 1. The van der Waals surface area contributed by atoms with Gasteiger partial charge in [-0.1, -0.05) is 29.0 Å². The molecule has 7 nitrogen and oxygen atoms in total. The van der Waals surface area contributed by atoms with Crippen molar-refractivity contribution in [3.8, 4) is 0 Å². The van der Waals surface area contributed by atoms with Gasteiger partial charge >= 0.3 is 11.8 Å². The number of rotatable bonds is 3. The second-order valence-electron chi connectivity index (χ2n) is 5.10. The summed E-state index contributed by atoms with van der Waals surface area (Å²) >= 11 is 0. The van der Waals surface area contributed by atoms with Gasteiger partial charge in [-0.15, -0.1) is 0 Å². The molecule has 0 unspecified atom stereocenters. The zero-order chi connectivity index (χ0) is 16.4. The lowest BCUT2D eigenvalue weighted by atomic mass is 10.1. The summed E-state index contributed by atoms with van der Waals surface area (Å²) in [6, 6.07) is 11.0. The van der Waals surface area contributed by atoms with Crippen LogP contribution in [0.3, 0.4) is 0 Å². The van der Waals surface area contributed by atoms with Crippen LogP contribution >= 0.6 is 0 Å². The number of hydrogen-bond donors (Lipinski definition) is 1. The van der Waals surface area contributed by atoms with E-state index in [2.05, 4.69) is 10.3 Å². The summed E-state index contributed by atoms with van der Waals surface area (Å²) < 4.78 is 5.72. The van der Waals surface area contributed by atoms with E-state index in [9.17, 15) is 9.59 Å². The van der Waals surface area contributed by atoms with Crippen LogP contribution in [-0.2, 0) is 6.54 Å². The molecule has 2 aromatic heterocycles. The van der Waals surface area contributed by atoms with Gasteiger partial charge in [0, 0.05) is 12.2 Å². The highest BCUT2D eigenvalue weighted by atomic mass is 16.7. The molecule has 7 heteroatoms. The second kappa shape index (κ2) is 5.96. The van der Waals surface area contributed by atoms with Crippen molar-refractivity contribution < 1.29 is 14.0 Å². The average molecular weight is 313 g/mol. The standard InChI is InChI=1S/C16H15N3O4/c1-10-5-3-4-6-12(10)9-17-15(20)23-19-14-13(22-16(19)21)8-7-11(2)18-14/h3-8H,9H2,1-2H3,(H,17,20). The minimum absolute atomic E-state index is 0.168. The first-order valence-corrected chi connectivity index (χ1v) is 7.04. The van der Waals surface area contributed by atoms with E-state index in [-0.39, 0.29) is 11.2 Å². The third-order valence-electron chi connectivity index (χ3n) is 3.39. The van der Waals surface area contributed by atoms with E-state index in [1.54, 1.807) is 19.1 Å². The molecule has 118 valence electrons. The Morgan fingerprint density at radius 2 is 2.04 bits per heavy atom. The monoisotopic (exact) mass is 313 g/mol. The Balaban J connectivity index is 1.76. The van der Waals surface area contributed by atoms with E-state index < -0.39 is 11.8 Å². The van der Waals surface area contributed by atoms with Gasteiger partial charge in [0.2, 0.25) is 5.65 Å². The third-order valence-corrected chi connectivity index (χ3v) is 3.39. The van der Waals surface area contributed by atoms with Crippen molar-refractivity contribution in [2.24, 2.45) is 0 Å². The van der Waals surface area contributed by atoms with Crippen LogP contribution in [0.1, 0.15) is 16.8 Å². The summed E-state index contributed by atoms with van der Waals surface area (Å²) in [5.74, 6) is -0.802. The molecule has 3 aromatic rings. The van der Waals surface area contributed by atoms with E-state index >= 15 is 0 Å². The first-order valence-electron chi connectivity index (χ1n) is 7.04. The molecule has 0 aliphatic heterocycles. The van der Waals surface area contributed by atoms with Crippen LogP contribution in [0.2, 0.25) is 0 Å². The van der Waals surface area contributed by atoms with E-state index in [0.29, 0.717) is 12.2 Å². The number of aromatic nitrogens is 2. The number of benzene rings is 1. The van der Waals surface area contributed by atoms with Crippen LogP contribution in [0.25, 0.3) is 11.2 Å². The number of pyridine rings is 1. The molecule has 2 heterocycles. The van der Waals surface area contributed by atoms with Crippen molar-refractivity contribution in [2.45, 2.75) is 20.4 Å². The molecule has 1 amide bonds. The average Bonchev–Trinajstić information content (AvgIpc) is 2.82. The topological polar surface area (TPSA) is 86.4 Å². The summed E-state index contributed by atoms with van der Waals surface area (Å²) in [7, 11) is 0. The number of nitrogens with zero attached hydrogens (tertiary/aromatic N) is 2.